The molecule has 0 amide bonds. The van der Waals surface area contributed by atoms with Crippen LogP contribution < -0.4 is 0 Å². The van der Waals surface area contributed by atoms with E-state index < -0.39 is 0 Å². The fourth-order valence-electron chi connectivity index (χ4n) is 1.57. The lowest BCUT2D eigenvalue weighted by Gasteiger charge is -2.03. The molecule has 1 aromatic rings. The highest BCUT2D eigenvalue weighted by Gasteiger charge is 2.24. The fraction of sp³-hybridized carbons (Fsp3) is 0.455. The van der Waals surface area contributed by atoms with Crippen molar-refractivity contribution in [2.24, 2.45) is 0 Å². The predicted octanol–water partition coefficient (Wildman–Crippen LogP) is 2.93. The number of aryl methyl sites for hydroxylation is 1. The van der Waals surface area contributed by atoms with Crippen molar-refractivity contribution >= 4 is 0 Å². The molecule has 0 unspecified atom stereocenters. The molecule has 11 heavy (non-hydrogen) atoms. The van der Waals surface area contributed by atoms with Crippen LogP contribution in [0.2, 0.25) is 0 Å². The van der Waals surface area contributed by atoms with E-state index in [9.17, 15) is 0 Å². The van der Waals surface area contributed by atoms with Crippen LogP contribution in [0.25, 0.3) is 0 Å². The molecule has 1 fully saturated rings. The molecule has 2 rings (SSSR count). The second kappa shape index (κ2) is 2.69. The summed E-state index contributed by atoms with van der Waals surface area (Å²) in [5.74, 6) is 0.877. The van der Waals surface area contributed by atoms with Gasteiger partial charge in [-0.25, -0.2) is 0 Å². The molecule has 0 saturated heterocycles. The van der Waals surface area contributed by atoms with E-state index in [0.29, 0.717) is 0 Å². The Kier molecular flexibility index (Phi) is 1.69. The van der Waals surface area contributed by atoms with Crippen molar-refractivity contribution in [1.29, 1.82) is 0 Å². The van der Waals surface area contributed by atoms with Crippen LogP contribution >= 0.6 is 0 Å². The average Bonchev–Trinajstić information content (AvgIpc) is 2.87. The van der Waals surface area contributed by atoms with Crippen molar-refractivity contribution in [3.63, 3.8) is 0 Å². The molecular formula is C11H13. The van der Waals surface area contributed by atoms with Gasteiger partial charge in [0.2, 0.25) is 0 Å². The van der Waals surface area contributed by atoms with Crippen LogP contribution in [0.1, 0.15) is 36.8 Å². The van der Waals surface area contributed by atoms with Crippen molar-refractivity contribution < 1.29 is 0 Å². The van der Waals surface area contributed by atoms with E-state index in [0.717, 1.165) is 12.3 Å². The first-order chi connectivity index (χ1) is 5.42. The van der Waals surface area contributed by atoms with E-state index in [4.69, 9.17) is 0 Å². The summed E-state index contributed by atoms with van der Waals surface area (Å²) in [5, 5.41) is 0. The largest absolute Gasteiger partial charge is 0.0613 e. The average molecular weight is 145 g/mol. The standard InChI is InChI=1S/C11H13/c1-2-9-5-3-4-6-11(9)10-7-8-10/h3-4,6,10H,2,7-8H2,1H3. The van der Waals surface area contributed by atoms with Gasteiger partial charge in [-0.05, 0) is 42.4 Å². The zero-order valence-electron chi connectivity index (χ0n) is 6.93. The van der Waals surface area contributed by atoms with Gasteiger partial charge >= 0.3 is 0 Å². The van der Waals surface area contributed by atoms with E-state index in [1.54, 1.807) is 5.56 Å². The van der Waals surface area contributed by atoms with Gasteiger partial charge < -0.3 is 0 Å². The van der Waals surface area contributed by atoms with Crippen molar-refractivity contribution in [2.45, 2.75) is 32.1 Å². The van der Waals surface area contributed by atoms with Gasteiger partial charge in [-0.3, -0.25) is 0 Å². The molecule has 0 bridgehead atoms. The topological polar surface area (TPSA) is 0 Å². The van der Waals surface area contributed by atoms with Crippen LogP contribution in [0.4, 0.5) is 0 Å². The van der Waals surface area contributed by atoms with Gasteiger partial charge in [0.25, 0.3) is 0 Å². The molecule has 1 aliphatic rings. The second-order valence-corrected chi connectivity index (χ2v) is 3.23. The first-order valence-electron chi connectivity index (χ1n) is 4.41. The first-order valence-corrected chi connectivity index (χ1v) is 4.41. The van der Waals surface area contributed by atoms with Gasteiger partial charge in [0.1, 0.15) is 0 Å². The molecule has 0 N–H and O–H groups in total. The maximum atomic E-state index is 3.31. The molecule has 0 heteroatoms. The monoisotopic (exact) mass is 145 g/mol. The molecule has 0 nitrogen and oxygen atoms in total. The quantitative estimate of drug-likeness (QED) is 0.600. The first kappa shape index (κ1) is 6.90. The molecule has 0 spiro atoms. The summed E-state index contributed by atoms with van der Waals surface area (Å²) >= 11 is 0. The van der Waals surface area contributed by atoms with Gasteiger partial charge in [-0.2, -0.15) is 0 Å². The molecule has 1 aromatic carbocycles. The molecule has 57 valence electrons. The molecule has 0 heterocycles. The third-order valence-electron chi connectivity index (χ3n) is 2.35. The van der Waals surface area contributed by atoms with E-state index in [-0.39, 0.29) is 0 Å². The van der Waals surface area contributed by atoms with E-state index in [1.807, 2.05) is 6.07 Å². The van der Waals surface area contributed by atoms with Crippen LogP contribution in [-0.4, -0.2) is 0 Å². The van der Waals surface area contributed by atoms with Gasteiger partial charge in [-0.15, -0.1) is 0 Å². The number of hydrogen-bond donors (Lipinski definition) is 0. The number of benzene rings is 1. The van der Waals surface area contributed by atoms with Crippen molar-refractivity contribution in [2.75, 3.05) is 0 Å². The SMILES string of the molecule is CCc1[c]cccc1C1CC1. The Morgan fingerprint density at radius 1 is 1.55 bits per heavy atom. The van der Waals surface area contributed by atoms with Crippen LogP contribution in [-0.2, 0) is 6.42 Å². The molecule has 1 saturated carbocycles. The highest BCUT2D eigenvalue weighted by molar-refractivity contribution is 5.32. The lowest BCUT2D eigenvalue weighted by molar-refractivity contribution is 1.03. The summed E-state index contributed by atoms with van der Waals surface area (Å²) in [6.07, 6.45) is 3.92. The normalized spacial score (nSPS) is 16.8. The van der Waals surface area contributed by atoms with E-state index in [1.165, 1.54) is 18.4 Å². The molecular weight excluding hydrogens is 132 g/mol. The Balaban J connectivity index is 2.34. The third-order valence-corrected chi connectivity index (χ3v) is 2.35. The van der Waals surface area contributed by atoms with Crippen LogP contribution in [0.15, 0.2) is 18.2 Å². The Hall–Kier alpha value is -0.780. The highest BCUT2D eigenvalue weighted by atomic mass is 14.3. The minimum atomic E-state index is 0.877. The van der Waals surface area contributed by atoms with Crippen LogP contribution in [0.5, 0.6) is 0 Å². The van der Waals surface area contributed by atoms with E-state index in [2.05, 4.69) is 25.1 Å². The molecule has 1 radical (unpaired) electrons. The zero-order valence-corrected chi connectivity index (χ0v) is 6.93. The Morgan fingerprint density at radius 3 is 3.00 bits per heavy atom. The van der Waals surface area contributed by atoms with Crippen LogP contribution in [0, 0.1) is 6.07 Å². The Bertz CT molecular complexity index is 246. The minimum Gasteiger partial charge on any atom is -0.0613 e. The minimum absolute atomic E-state index is 0.877. The van der Waals surface area contributed by atoms with Crippen LogP contribution in [0.3, 0.4) is 0 Å². The van der Waals surface area contributed by atoms with Gasteiger partial charge in [0.15, 0.2) is 0 Å². The maximum absolute atomic E-state index is 3.31. The van der Waals surface area contributed by atoms with Crippen molar-refractivity contribution in [3.8, 4) is 0 Å². The summed E-state index contributed by atoms with van der Waals surface area (Å²) in [7, 11) is 0. The summed E-state index contributed by atoms with van der Waals surface area (Å²) in [6.45, 7) is 2.21. The van der Waals surface area contributed by atoms with Gasteiger partial charge in [0.05, 0.1) is 0 Å². The van der Waals surface area contributed by atoms with Gasteiger partial charge in [-0.1, -0.05) is 25.1 Å². The summed E-state index contributed by atoms with van der Waals surface area (Å²) in [4.78, 5) is 0. The Morgan fingerprint density at radius 2 is 2.36 bits per heavy atom. The Labute approximate surface area is 68.3 Å². The zero-order chi connectivity index (χ0) is 7.68. The van der Waals surface area contributed by atoms with Gasteiger partial charge in [0, 0.05) is 0 Å². The molecule has 0 atom stereocenters. The maximum Gasteiger partial charge on any atom is -0.0146 e. The van der Waals surface area contributed by atoms with E-state index >= 15 is 0 Å². The molecule has 0 aromatic heterocycles. The lowest BCUT2D eigenvalue weighted by atomic mass is 10.0. The highest BCUT2D eigenvalue weighted by Crippen LogP contribution is 2.41. The van der Waals surface area contributed by atoms with Crippen molar-refractivity contribution in [1.82, 2.24) is 0 Å². The predicted molar refractivity (Wildman–Crippen MR) is 46.6 cm³/mol. The molecule has 1 aliphatic carbocycles. The van der Waals surface area contributed by atoms with Crippen molar-refractivity contribution in [3.05, 3.63) is 35.4 Å². The smallest absolute Gasteiger partial charge is 0.0146 e. The summed E-state index contributed by atoms with van der Waals surface area (Å²) in [6, 6.07) is 9.69. The molecule has 0 aliphatic heterocycles. The lowest BCUT2D eigenvalue weighted by Crippen LogP contribution is -1.88. The second-order valence-electron chi connectivity index (χ2n) is 3.23. The number of rotatable bonds is 2. The fourth-order valence-corrected chi connectivity index (χ4v) is 1.57. The summed E-state index contributed by atoms with van der Waals surface area (Å²) < 4.78 is 0. The third kappa shape index (κ3) is 1.30. The number of hydrogen-bond acceptors (Lipinski definition) is 0. The summed E-state index contributed by atoms with van der Waals surface area (Å²) in [5.41, 5.74) is 2.98.